The Morgan fingerprint density at radius 1 is 1.09 bits per heavy atom. The van der Waals surface area contributed by atoms with Crippen molar-refractivity contribution in [3.63, 3.8) is 0 Å². The van der Waals surface area contributed by atoms with Crippen LogP contribution in [0.2, 0.25) is 0 Å². The fourth-order valence-corrected chi connectivity index (χ4v) is 3.04. The summed E-state index contributed by atoms with van der Waals surface area (Å²) in [7, 11) is 0. The van der Waals surface area contributed by atoms with Crippen LogP contribution in [0.3, 0.4) is 0 Å². The number of carboxylic acid groups (broad SMARTS) is 1. The average Bonchev–Trinajstić information content (AvgIpc) is 2.45. The number of nitrogens with zero attached hydrogens (tertiary/aromatic N) is 2. The number of fused-ring (bicyclic) bond motifs is 1. The third-order valence-electron chi connectivity index (χ3n) is 4.23. The standard InChI is InChI=1S/C17H21N3O2/c18-12-6-7-15-13(10-12)14(17(21)22)11-16(19-15)20-8-4-2-1-3-5-9-20/h6-7,10-11H,1-5,8-9,18H2,(H,21,22). The molecule has 0 bridgehead atoms. The molecule has 0 spiro atoms. The summed E-state index contributed by atoms with van der Waals surface area (Å²) < 4.78 is 0. The summed E-state index contributed by atoms with van der Waals surface area (Å²) in [5.74, 6) is -0.178. The fourth-order valence-electron chi connectivity index (χ4n) is 3.04. The number of hydrogen-bond donors (Lipinski definition) is 2. The molecule has 0 radical (unpaired) electrons. The van der Waals surface area contributed by atoms with Gasteiger partial charge in [-0.1, -0.05) is 19.3 Å². The van der Waals surface area contributed by atoms with E-state index >= 15 is 0 Å². The van der Waals surface area contributed by atoms with Gasteiger partial charge in [0, 0.05) is 24.2 Å². The van der Waals surface area contributed by atoms with Crippen LogP contribution >= 0.6 is 0 Å². The van der Waals surface area contributed by atoms with Gasteiger partial charge >= 0.3 is 5.97 Å². The number of nitrogen functional groups attached to an aromatic ring is 1. The summed E-state index contributed by atoms with van der Waals surface area (Å²) in [5, 5.41) is 10.1. The number of anilines is 2. The molecule has 116 valence electrons. The largest absolute Gasteiger partial charge is 0.478 e. The number of aromatic nitrogens is 1. The molecule has 0 unspecified atom stereocenters. The van der Waals surface area contributed by atoms with Crippen molar-refractivity contribution in [2.24, 2.45) is 0 Å². The van der Waals surface area contributed by atoms with Gasteiger partial charge < -0.3 is 15.7 Å². The lowest BCUT2D eigenvalue weighted by Gasteiger charge is -2.26. The number of nitrogens with two attached hydrogens (primary N) is 1. The van der Waals surface area contributed by atoms with E-state index < -0.39 is 5.97 Å². The minimum atomic E-state index is -0.939. The number of carboxylic acids is 1. The van der Waals surface area contributed by atoms with E-state index in [1.165, 1.54) is 19.3 Å². The van der Waals surface area contributed by atoms with Crippen LogP contribution in [0.15, 0.2) is 24.3 Å². The van der Waals surface area contributed by atoms with Crippen LogP contribution in [0.4, 0.5) is 11.5 Å². The highest BCUT2D eigenvalue weighted by atomic mass is 16.4. The average molecular weight is 299 g/mol. The number of rotatable bonds is 2. The van der Waals surface area contributed by atoms with E-state index in [1.54, 1.807) is 24.3 Å². The van der Waals surface area contributed by atoms with Gasteiger partial charge in [-0.25, -0.2) is 9.78 Å². The lowest BCUT2D eigenvalue weighted by molar-refractivity contribution is 0.0699. The quantitative estimate of drug-likeness (QED) is 0.832. The van der Waals surface area contributed by atoms with Crippen molar-refractivity contribution in [2.45, 2.75) is 32.1 Å². The van der Waals surface area contributed by atoms with Gasteiger partial charge in [0.15, 0.2) is 0 Å². The molecule has 2 heterocycles. The predicted octanol–water partition coefficient (Wildman–Crippen LogP) is 3.29. The fraction of sp³-hybridized carbons (Fsp3) is 0.412. The molecular formula is C17H21N3O2. The van der Waals surface area contributed by atoms with Gasteiger partial charge in [-0.2, -0.15) is 0 Å². The second-order valence-electron chi connectivity index (χ2n) is 5.86. The Bertz CT molecular complexity index is 692. The molecule has 0 amide bonds. The van der Waals surface area contributed by atoms with Gasteiger partial charge in [-0.05, 0) is 37.1 Å². The van der Waals surface area contributed by atoms with E-state index in [0.717, 1.165) is 31.7 Å². The van der Waals surface area contributed by atoms with Crippen molar-refractivity contribution in [1.82, 2.24) is 4.98 Å². The van der Waals surface area contributed by atoms with Crippen molar-refractivity contribution in [3.05, 3.63) is 29.8 Å². The summed E-state index contributed by atoms with van der Waals surface area (Å²) in [4.78, 5) is 18.5. The molecule has 3 N–H and O–H groups in total. The van der Waals surface area contributed by atoms with Gasteiger partial charge in [0.05, 0.1) is 11.1 Å². The maximum absolute atomic E-state index is 11.6. The third-order valence-corrected chi connectivity index (χ3v) is 4.23. The first-order chi connectivity index (χ1) is 10.6. The van der Waals surface area contributed by atoms with Crippen molar-refractivity contribution >= 4 is 28.4 Å². The van der Waals surface area contributed by atoms with Crippen LogP contribution < -0.4 is 10.6 Å². The van der Waals surface area contributed by atoms with E-state index in [2.05, 4.69) is 9.88 Å². The van der Waals surface area contributed by atoms with E-state index in [0.29, 0.717) is 16.6 Å². The van der Waals surface area contributed by atoms with Crippen LogP contribution in [0, 0.1) is 0 Å². The highest BCUT2D eigenvalue weighted by Crippen LogP contribution is 2.26. The molecule has 1 aliphatic rings. The van der Waals surface area contributed by atoms with E-state index in [1.807, 2.05) is 0 Å². The highest BCUT2D eigenvalue weighted by Gasteiger charge is 2.16. The maximum Gasteiger partial charge on any atom is 0.336 e. The van der Waals surface area contributed by atoms with Gasteiger partial charge in [0.25, 0.3) is 0 Å². The van der Waals surface area contributed by atoms with Crippen LogP contribution in [0.5, 0.6) is 0 Å². The Labute approximate surface area is 129 Å². The second-order valence-corrected chi connectivity index (χ2v) is 5.86. The zero-order valence-corrected chi connectivity index (χ0v) is 12.6. The molecule has 0 saturated carbocycles. The topological polar surface area (TPSA) is 79.5 Å². The predicted molar refractivity (Wildman–Crippen MR) is 88.4 cm³/mol. The first kappa shape index (κ1) is 14.6. The first-order valence-electron chi connectivity index (χ1n) is 7.84. The lowest BCUT2D eigenvalue weighted by atomic mass is 10.1. The smallest absolute Gasteiger partial charge is 0.336 e. The van der Waals surface area contributed by atoms with Crippen LogP contribution in [-0.2, 0) is 0 Å². The highest BCUT2D eigenvalue weighted by molar-refractivity contribution is 6.04. The Morgan fingerprint density at radius 3 is 2.45 bits per heavy atom. The maximum atomic E-state index is 11.6. The molecule has 1 fully saturated rings. The van der Waals surface area contributed by atoms with Crippen molar-refractivity contribution < 1.29 is 9.90 Å². The molecule has 1 saturated heterocycles. The van der Waals surface area contributed by atoms with Crippen LogP contribution in [0.1, 0.15) is 42.5 Å². The summed E-state index contributed by atoms with van der Waals surface area (Å²) in [5.41, 5.74) is 7.29. The molecule has 5 nitrogen and oxygen atoms in total. The SMILES string of the molecule is Nc1ccc2nc(N3CCCCCCC3)cc(C(=O)O)c2c1. The number of hydrogen-bond acceptors (Lipinski definition) is 4. The minimum Gasteiger partial charge on any atom is -0.478 e. The number of aromatic carboxylic acids is 1. The molecule has 0 atom stereocenters. The molecule has 22 heavy (non-hydrogen) atoms. The Hall–Kier alpha value is -2.30. The monoisotopic (exact) mass is 299 g/mol. The lowest BCUT2D eigenvalue weighted by Crippen LogP contribution is -2.28. The van der Waals surface area contributed by atoms with Crippen molar-refractivity contribution in [3.8, 4) is 0 Å². The van der Waals surface area contributed by atoms with Gasteiger partial charge in [0.1, 0.15) is 5.82 Å². The normalized spacial score (nSPS) is 16.3. The molecule has 1 aliphatic heterocycles. The molecule has 5 heteroatoms. The molecule has 1 aromatic carbocycles. The molecule has 3 rings (SSSR count). The van der Waals surface area contributed by atoms with E-state index in [4.69, 9.17) is 5.73 Å². The van der Waals surface area contributed by atoms with Gasteiger partial charge in [-0.15, -0.1) is 0 Å². The second kappa shape index (κ2) is 6.22. The molecule has 1 aromatic heterocycles. The van der Waals surface area contributed by atoms with E-state index in [-0.39, 0.29) is 5.56 Å². The molecular weight excluding hydrogens is 278 g/mol. The Kier molecular flexibility index (Phi) is 4.13. The summed E-state index contributed by atoms with van der Waals surface area (Å²) in [6, 6.07) is 6.93. The van der Waals surface area contributed by atoms with Gasteiger partial charge in [0.2, 0.25) is 0 Å². The minimum absolute atomic E-state index is 0.273. The summed E-state index contributed by atoms with van der Waals surface area (Å²) >= 11 is 0. The van der Waals surface area contributed by atoms with E-state index in [9.17, 15) is 9.90 Å². The molecule has 0 aliphatic carbocycles. The summed E-state index contributed by atoms with van der Waals surface area (Å²) in [6.07, 6.45) is 6.01. The number of carbonyl (C=O) groups is 1. The Morgan fingerprint density at radius 2 is 1.77 bits per heavy atom. The van der Waals surface area contributed by atoms with Crippen LogP contribution in [0.25, 0.3) is 10.9 Å². The number of benzene rings is 1. The Balaban J connectivity index is 2.06. The first-order valence-corrected chi connectivity index (χ1v) is 7.84. The van der Waals surface area contributed by atoms with Crippen molar-refractivity contribution in [2.75, 3.05) is 23.7 Å². The van der Waals surface area contributed by atoms with Gasteiger partial charge in [-0.3, -0.25) is 0 Å². The van der Waals surface area contributed by atoms with Crippen LogP contribution in [-0.4, -0.2) is 29.1 Å². The van der Waals surface area contributed by atoms with Crippen molar-refractivity contribution in [1.29, 1.82) is 0 Å². The zero-order valence-electron chi connectivity index (χ0n) is 12.6. The zero-order chi connectivity index (χ0) is 15.5. The third kappa shape index (κ3) is 2.98. The number of pyridine rings is 1. The molecule has 2 aromatic rings. The summed E-state index contributed by atoms with van der Waals surface area (Å²) in [6.45, 7) is 1.87.